The van der Waals surface area contributed by atoms with E-state index in [1.807, 2.05) is 54.6 Å². The third-order valence-electron chi connectivity index (χ3n) is 6.14. The van der Waals surface area contributed by atoms with Gasteiger partial charge in [-0.1, -0.05) is 66.2 Å². The molecular weight excluding hydrogens is 466 g/mol. The van der Waals surface area contributed by atoms with Crippen molar-refractivity contribution in [2.75, 3.05) is 5.32 Å². The van der Waals surface area contributed by atoms with Crippen LogP contribution >= 0.6 is 11.6 Å². The Morgan fingerprint density at radius 2 is 1.66 bits per heavy atom. The van der Waals surface area contributed by atoms with Crippen molar-refractivity contribution >= 4 is 23.2 Å². The number of halogens is 1. The van der Waals surface area contributed by atoms with E-state index in [4.69, 9.17) is 11.6 Å². The Kier molecular flexibility index (Phi) is 6.03. The summed E-state index contributed by atoms with van der Waals surface area (Å²) in [7, 11) is 0. The molecule has 0 saturated heterocycles. The zero-order chi connectivity index (χ0) is 24.5. The van der Waals surface area contributed by atoms with Crippen molar-refractivity contribution in [3.63, 3.8) is 0 Å². The van der Waals surface area contributed by atoms with E-state index in [0.29, 0.717) is 28.3 Å². The van der Waals surface area contributed by atoms with Gasteiger partial charge in [-0.15, -0.1) is 4.73 Å². The summed E-state index contributed by atoms with van der Waals surface area (Å²) in [5, 5.41) is 26.5. The Labute approximate surface area is 206 Å². The van der Waals surface area contributed by atoms with E-state index in [1.165, 1.54) is 12.1 Å². The first-order chi connectivity index (χ1) is 16.9. The van der Waals surface area contributed by atoms with Gasteiger partial charge in [0.25, 0.3) is 5.56 Å². The first-order valence-corrected chi connectivity index (χ1v) is 11.4. The Morgan fingerprint density at radius 1 is 0.914 bits per heavy atom. The van der Waals surface area contributed by atoms with E-state index in [0.717, 1.165) is 16.7 Å². The zero-order valence-electron chi connectivity index (χ0n) is 18.5. The highest BCUT2D eigenvalue weighted by atomic mass is 35.5. The maximum atomic E-state index is 13.3. The molecule has 3 aromatic carbocycles. The van der Waals surface area contributed by atoms with Crippen LogP contribution in [0.4, 0.5) is 5.69 Å². The predicted molar refractivity (Wildman–Crippen MR) is 134 cm³/mol. The quantitative estimate of drug-likeness (QED) is 0.320. The third-order valence-corrected chi connectivity index (χ3v) is 6.37. The Morgan fingerprint density at radius 3 is 2.43 bits per heavy atom. The van der Waals surface area contributed by atoms with Gasteiger partial charge in [-0.05, 0) is 52.4 Å². The molecule has 5 rings (SSSR count). The highest BCUT2D eigenvalue weighted by Crippen LogP contribution is 2.35. The van der Waals surface area contributed by atoms with Crippen molar-refractivity contribution in [3.05, 3.63) is 117 Å². The molecule has 8 heteroatoms. The SMILES string of the molecule is O=C1Nc2ccc(Cl)cc2C(c2cc(O)n(O)c(=O)c2)NC1Cc1ccccc1-c1ccccc1. The molecule has 1 aliphatic rings. The molecule has 0 aliphatic carbocycles. The minimum Gasteiger partial charge on any atom is -0.492 e. The number of nitrogens with one attached hydrogen (secondary N) is 2. The van der Waals surface area contributed by atoms with Crippen LogP contribution < -0.4 is 16.2 Å². The smallest absolute Gasteiger partial charge is 0.286 e. The minimum absolute atomic E-state index is 0.163. The normalized spacial score (nSPS) is 17.3. The molecule has 0 radical (unpaired) electrons. The van der Waals surface area contributed by atoms with Crippen LogP contribution in [0.5, 0.6) is 5.88 Å². The molecule has 1 aliphatic heterocycles. The van der Waals surface area contributed by atoms with Crippen LogP contribution in [0.15, 0.2) is 89.7 Å². The number of aromatic hydroxyl groups is 1. The number of amides is 1. The molecule has 2 atom stereocenters. The van der Waals surface area contributed by atoms with E-state index < -0.39 is 23.5 Å². The number of nitrogens with zero attached hydrogens (tertiary/aromatic N) is 1. The Balaban J connectivity index is 1.58. The number of pyridine rings is 1. The monoisotopic (exact) mass is 487 g/mol. The van der Waals surface area contributed by atoms with Crippen LogP contribution in [-0.4, -0.2) is 27.0 Å². The van der Waals surface area contributed by atoms with Crippen LogP contribution in [0.3, 0.4) is 0 Å². The molecule has 2 unspecified atom stereocenters. The molecule has 0 bridgehead atoms. The van der Waals surface area contributed by atoms with Gasteiger partial charge in [-0.2, -0.15) is 0 Å². The highest BCUT2D eigenvalue weighted by Gasteiger charge is 2.31. The number of hydrogen-bond acceptors (Lipinski definition) is 5. The van der Waals surface area contributed by atoms with Crippen molar-refractivity contribution in [3.8, 4) is 17.0 Å². The molecular formula is C27H22ClN3O4. The Hall–Kier alpha value is -4.07. The van der Waals surface area contributed by atoms with Crippen molar-refractivity contribution in [1.82, 2.24) is 10.0 Å². The number of benzene rings is 3. The Bertz CT molecular complexity index is 1470. The minimum atomic E-state index is -0.792. The second-order valence-corrected chi connectivity index (χ2v) is 8.83. The average molecular weight is 488 g/mol. The lowest BCUT2D eigenvalue weighted by molar-refractivity contribution is -0.118. The largest absolute Gasteiger partial charge is 0.492 e. The molecule has 1 aromatic heterocycles. The number of rotatable bonds is 4. The molecule has 176 valence electrons. The van der Waals surface area contributed by atoms with Gasteiger partial charge in [-0.25, -0.2) is 0 Å². The fraction of sp³-hybridized carbons (Fsp3) is 0.111. The fourth-order valence-corrected chi connectivity index (χ4v) is 4.63. The van der Waals surface area contributed by atoms with Gasteiger partial charge in [0.05, 0.1) is 12.1 Å². The second-order valence-electron chi connectivity index (χ2n) is 8.40. The van der Waals surface area contributed by atoms with Crippen LogP contribution in [0.1, 0.15) is 22.7 Å². The fourth-order valence-electron chi connectivity index (χ4n) is 4.45. The predicted octanol–water partition coefficient (Wildman–Crippen LogP) is 4.35. The van der Waals surface area contributed by atoms with Gasteiger partial charge in [0.15, 0.2) is 0 Å². The van der Waals surface area contributed by atoms with Crippen molar-refractivity contribution in [1.29, 1.82) is 0 Å². The lowest BCUT2D eigenvalue weighted by Crippen LogP contribution is -2.42. The third kappa shape index (κ3) is 4.51. The summed E-state index contributed by atoms with van der Waals surface area (Å²) in [6.45, 7) is 0. The summed E-state index contributed by atoms with van der Waals surface area (Å²) in [6, 6.07) is 24.1. The maximum Gasteiger partial charge on any atom is 0.286 e. The summed E-state index contributed by atoms with van der Waals surface area (Å²) < 4.78 is 0.163. The number of hydrogen-bond donors (Lipinski definition) is 4. The maximum absolute atomic E-state index is 13.3. The van der Waals surface area contributed by atoms with E-state index in [1.54, 1.807) is 18.2 Å². The molecule has 0 fully saturated rings. The van der Waals surface area contributed by atoms with Gasteiger partial charge in [0.1, 0.15) is 0 Å². The first kappa shape index (κ1) is 22.7. The van der Waals surface area contributed by atoms with E-state index in [9.17, 15) is 19.9 Å². The molecule has 7 nitrogen and oxygen atoms in total. The lowest BCUT2D eigenvalue weighted by Gasteiger charge is -2.24. The summed E-state index contributed by atoms with van der Waals surface area (Å²) >= 11 is 6.27. The molecule has 1 amide bonds. The van der Waals surface area contributed by atoms with E-state index in [-0.39, 0.29) is 10.6 Å². The van der Waals surface area contributed by atoms with Gasteiger partial charge >= 0.3 is 0 Å². The molecule has 0 saturated carbocycles. The van der Waals surface area contributed by atoms with Crippen molar-refractivity contribution < 1.29 is 15.1 Å². The van der Waals surface area contributed by atoms with Gasteiger partial charge in [0, 0.05) is 22.8 Å². The van der Waals surface area contributed by atoms with Crippen LogP contribution in [0.25, 0.3) is 11.1 Å². The van der Waals surface area contributed by atoms with E-state index >= 15 is 0 Å². The first-order valence-electron chi connectivity index (χ1n) is 11.1. The van der Waals surface area contributed by atoms with Crippen molar-refractivity contribution in [2.45, 2.75) is 18.5 Å². The molecule has 0 spiro atoms. The van der Waals surface area contributed by atoms with E-state index in [2.05, 4.69) is 10.6 Å². The molecule has 4 N–H and O–H groups in total. The van der Waals surface area contributed by atoms with Crippen LogP contribution in [0.2, 0.25) is 5.02 Å². The van der Waals surface area contributed by atoms with Gasteiger partial charge in [-0.3, -0.25) is 14.9 Å². The number of aromatic nitrogens is 1. The number of carbonyl (C=O) groups excluding carboxylic acids is 1. The highest BCUT2D eigenvalue weighted by molar-refractivity contribution is 6.30. The molecule has 2 heterocycles. The van der Waals surface area contributed by atoms with Crippen LogP contribution in [-0.2, 0) is 11.2 Å². The molecule has 35 heavy (non-hydrogen) atoms. The zero-order valence-corrected chi connectivity index (χ0v) is 19.2. The number of anilines is 1. The van der Waals surface area contributed by atoms with Gasteiger partial charge < -0.3 is 15.6 Å². The standard InChI is InChI=1S/C27H22ClN3O4/c28-19-10-11-22-21(15-19)26(18-13-24(32)31(35)25(33)14-18)29-23(27(34)30-22)12-17-8-4-5-9-20(17)16-6-2-1-3-7-16/h1-11,13-15,23,26,29,32,35H,12H2,(H,30,34). The lowest BCUT2D eigenvalue weighted by atomic mass is 9.93. The summed E-state index contributed by atoms with van der Waals surface area (Å²) in [4.78, 5) is 25.5. The summed E-state index contributed by atoms with van der Waals surface area (Å²) in [5.41, 5.74) is 3.81. The average Bonchev–Trinajstić information content (AvgIpc) is 2.99. The van der Waals surface area contributed by atoms with Gasteiger partial charge in [0.2, 0.25) is 11.8 Å². The van der Waals surface area contributed by atoms with Crippen LogP contribution in [0, 0.1) is 0 Å². The second kappa shape index (κ2) is 9.29. The van der Waals surface area contributed by atoms with Crippen molar-refractivity contribution in [2.24, 2.45) is 0 Å². The number of fused-ring (bicyclic) bond motifs is 1. The summed E-state index contributed by atoms with van der Waals surface area (Å²) in [6.07, 6.45) is 0.373. The molecule has 4 aromatic rings. The topological polar surface area (TPSA) is 104 Å². The summed E-state index contributed by atoms with van der Waals surface area (Å²) in [5.74, 6) is -0.842. The number of carbonyl (C=O) groups is 1.